The number of hydrogen-bond donors (Lipinski definition) is 2. The summed E-state index contributed by atoms with van der Waals surface area (Å²) in [5, 5.41) is 10.4. The molecular formula is C24H30N6O. The van der Waals surface area contributed by atoms with Crippen molar-refractivity contribution in [3.8, 4) is 0 Å². The number of anilines is 2. The summed E-state index contributed by atoms with van der Waals surface area (Å²) in [4.78, 5) is 23.9. The number of benzene rings is 1. The van der Waals surface area contributed by atoms with Gasteiger partial charge in [0.15, 0.2) is 5.82 Å². The van der Waals surface area contributed by atoms with Crippen LogP contribution in [0.15, 0.2) is 42.5 Å². The molecule has 31 heavy (non-hydrogen) atoms. The lowest BCUT2D eigenvalue weighted by molar-refractivity contribution is -0.133. The fourth-order valence-corrected chi connectivity index (χ4v) is 4.22. The predicted molar refractivity (Wildman–Crippen MR) is 121 cm³/mol. The third-order valence-corrected chi connectivity index (χ3v) is 5.69. The van der Waals surface area contributed by atoms with Gasteiger partial charge in [-0.2, -0.15) is 5.10 Å². The number of rotatable bonds is 7. The highest BCUT2D eigenvalue weighted by Gasteiger charge is 2.24. The summed E-state index contributed by atoms with van der Waals surface area (Å²) in [7, 11) is 0. The van der Waals surface area contributed by atoms with E-state index in [0.717, 1.165) is 67.6 Å². The summed E-state index contributed by atoms with van der Waals surface area (Å²) in [6.45, 7) is 5.53. The molecule has 7 nitrogen and oxygen atoms in total. The maximum Gasteiger partial charge on any atom is 0.222 e. The number of nitrogens with zero attached hydrogens (tertiary/aromatic N) is 4. The van der Waals surface area contributed by atoms with Crippen molar-refractivity contribution in [2.24, 2.45) is 5.92 Å². The van der Waals surface area contributed by atoms with Crippen LogP contribution in [0.1, 0.15) is 42.0 Å². The van der Waals surface area contributed by atoms with Crippen LogP contribution in [0.5, 0.6) is 0 Å². The molecule has 2 N–H and O–H groups in total. The zero-order valence-electron chi connectivity index (χ0n) is 18.3. The van der Waals surface area contributed by atoms with Crippen LogP contribution in [0.3, 0.4) is 0 Å². The summed E-state index contributed by atoms with van der Waals surface area (Å²) in [5.41, 5.74) is 3.21. The molecular weight excluding hydrogens is 388 g/mol. The van der Waals surface area contributed by atoms with E-state index in [1.807, 2.05) is 49.1 Å². The molecule has 3 aromatic rings. The first kappa shape index (κ1) is 21.0. The van der Waals surface area contributed by atoms with Gasteiger partial charge >= 0.3 is 0 Å². The first-order valence-electron chi connectivity index (χ1n) is 11.0. The molecule has 1 aliphatic rings. The summed E-state index contributed by atoms with van der Waals surface area (Å²) in [5.74, 6) is 2.90. The molecule has 1 saturated heterocycles. The molecule has 3 heterocycles. The van der Waals surface area contributed by atoms with E-state index >= 15 is 0 Å². The number of nitrogens with one attached hydrogen (secondary N) is 2. The number of aryl methyl sites for hydroxylation is 3. The second-order valence-corrected chi connectivity index (χ2v) is 8.39. The zero-order valence-corrected chi connectivity index (χ0v) is 18.3. The van der Waals surface area contributed by atoms with Crippen molar-refractivity contribution in [2.45, 2.75) is 46.0 Å². The van der Waals surface area contributed by atoms with E-state index in [9.17, 15) is 4.79 Å². The highest BCUT2D eigenvalue weighted by molar-refractivity contribution is 5.76. The van der Waals surface area contributed by atoms with Crippen LogP contribution in [-0.2, 0) is 17.6 Å². The zero-order chi connectivity index (χ0) is 21.6. The van der Waals surface area contributed by atoms with E-state index in [1.165, 1.54) is 5.56 Å². The lowest BCUT2D eigenvalue weighted by atomic mass is 9.93. The monoisotopic (exact) mass is 418 g/mol. The Kier molecular flexibility index (Phi) is 6.60. The van der Waals surface area contributed by atoms with Gasteiger partial charge in [-0.1, -0.05) is 30.3 Å². The van der Waals surface area contributed by atoms with Gasteiger partial charge in [0.05, 0.1) is 0 Å². The third kappa shape index (κ3) is 5.90. The minimum absolute atomic E-state index is 0.253. The fraction of sp³-hybridized carbons (Fsp3) is 0.417. The van der Waals surface area contributed by atoms with Gasteiger partial charge in [0.25, 0.3) is 0 Å². The van der Waals surface area contributed by atoms with Crippen LogP contribution in [-0.4, -0.2) is 44.1 Å². The molecule has 1 unspecified atom stereocenters. The second kappa shape index (κ2) is 9.73. The van der Waals surface area contributed by atoms with Crippen LogP contribution >= 0.6 is 0 Å². The van der Waals surface area contributed by atoms with Crippen molar-refractivity contribution in [3.63, 3.8) is 0 Å². The highest BCUT2D eigenvalue weighted by Crippen LogP contribution is 2.23. The maximum atomic E-state index is 12.8. The number of likely N-dealkylation sites (tertiary alicyclic amines) is 1. The van der Waals surface area contributed by atoms with Crippen LogP contribution in [0.25, 0.3) is 0 Å². The van der Waals surface area contributed by atoms with Crippen LogP contribution in [0.4, 0.5) is 11.6 Å². The topological polar surface area (TPSA) is 86.8 Å². The molecule has 162 valence electrons. The molecule has 4 rings (SSSR count). The number of carbonyl (C=O) groups is 1. The van der Waals surface area contributed by atoms with E-state index in [-0.39, 0.29) is 5.91 Å². The van der Waals surface area contributed by atoms with Gasteiger partial charge in [-0.15, -0.1) is 0 Å². The van der Waals surface area contributed by atoms with E-state index in [4.69, 9.17) is 0 Å². The molecule has 0 radical (unpaired) electrons. The molecule has 0 saturated carbocycles. The smallest absolute Gasteiger partial charge is 0.222 e. The average Bonchev–Trinajstić information content (AvgIpc) is 3.17. The number of amides is 1. The first-order valence-corrected chi connectivity index (χ1v) is 11.0. The normalized spacial score (nSPS) is 16.3. The Morgan fingerprint density at radius 1 is 1.16 bits per heavy atom. The lowest BCUT2D eigenvalue weighted by Gasteiger charge is -2.33. The molecule has 0 aliphatic carbocycles. The van der Waals surface area contributed by atoms with E-state index in [1.54, 1.807) is 0 Å². The molecule has 7 heteroatoms. The Hall–Kier alpha value is -3.22. The Bertz CT molecular complexity index is 1020. The number of piperidine rings is 1. The van der Waals surface area contributed by atoms with Crippen molar-refractivity contribution in [3.05, 3.63) is 65.2 Å². The summed E-state index contributed by atoms with van der Waals surface area (Å²) in [6, 6.07) is 14.2. The maximum absolute atomic E-state index is 12.8. The molecule has 2 aromatic heterocycles. The number of H-pyrrole nitrogens is 1. The second-order valence-electron chi connectivity index (χ2n) is 8.39. The Morgan fingerprint density at radius 2 is 2.00 bits per heavy atom. The first-order chi connectivity index (χ1) is 15.0. The number of aromatic amines is 1. The van der Waals surface area contributed by atoms with E-state index < -0.39 is 0 Å². The van der Waals surface area contributed by atoms with Gasteiger partial charge in [-0.25, -0.2) is 9.97 Å². The van der Waals surface area contributed by atoms with Gasteiger partial charge in [-0.05, 0) is 51.0 Å². The van der Waals surface area contributed by atoms with Crippen molar-refractivity contribution in [1.82, 2.24) is 25.1 Å². The summed E-state index contributed by atoms with van der Waals surface area (Å²) < 4.78 is 0. The molecule has 0 bridgehead atoms. The number of hydrogen-bond acceptors (Lipinski definition) is 5. The molecule has 1 atom stereocenters. The molecule has 1 aliphatic heterocycles. The largest absolute Gasteiger partial charge is 0.342 e. The Labute approximate surface area is 183 Å². The lowest BCUT2D eigenvalue weighted by Crippen LogP contribution is -2.40. The van der Waals surface area contributed by atoms with Gasteiger partial charge in [-0.3, -0.25) is 9.89 Å². The quantitative estimate of drug-likeness (QED) is 0.606. The SMILES string of the molecule is Cc1nc(CC2CCCN(C(=O)CCc3ccccc3)C2)cc(Nc2cc(C)[nH]n2)n1. The fourth-order valence-electron chi connectivity index (χ4n) is 4.22. The van der Waals surface area contributed by atoms with Crippen molar-refractivity contribution < 1.29 is 4.79 Å². The number of aromatic nitrogens is 4. The molecule has 0 spiro atoms. The number of carbonyl (C=O) groups excluding carboxylic acids is 1. The molecule has 1 amide bonds. The summed E-state index contributed by atoms with van der Waals surface area (Å²) >= 11 is 0. The minimum Gasteiger partial charge on any atom is -0.342 e. The van der Waals surface area contributed by atoms with Gasteiger partial charge in [0.2, 0.25) is 5.91 Å². The standard InChI is InChI=1S/C24H30N6O/c1-17-13-23(29-28-17)27-22-15-21(25-18(2)26-22)14-20-9-6-12-30(16-20)24(31)11-10-19-7-4-3-5-8-19/h3-5,7-8,13,15,20H,6,9-12,14,16H2,1-2H3,(H2,25,26,27,28,29). The van der Waals surface area contributed by atoms with Gasteiger partial charge in [0.1, 0.15) is 11.6 Å². The molecule has 1 aromatic carbocycles. The predicted octanol–water partition coefficient (Wildman–Crippen LogP) is 3.97. The Morgan fingerprint density at radius 3 is 2.77 bits per heavy atom. The Balaban J connectivity index is 1.35. The molecule has 1 fully saturated rings. The average molecular weight is 419 g/mol. The van der Waals surface area contributed by atoms with Crippen molar-refractivity contribution in [2.75, 3.05) is 18.4 Å². The minimum atomic E-state index is 0.253. The van der Waals surface area contributed by atoms with Crippen molar-refractivity contribution in [1.29, 1.82) is 0 Å². The van der Waals surface area contributed by atoms with Crippen LogP contribution in [0, 0.1) is 19.8 Å². The van der Waals surface area contributed by atoms with Gasteiger partial charge < -0.3 is 10.2 Å². The van der Waals surface area contributed by atoms with Crippen molar-refractivity contribution >= 4 is 17.5 Å². The highest BCUT2D eigenvalue weighted by atomic mass is 16.2. The summed E-state index contributed by atoms with van der Waals surface area (Å²) in [6.07, 6.45) is 4.38. The van der Waals surface area contributed by atoms with E-state index in [0.29, 0.717) is 12.3 Å². The third-order valence-electron chi connectivity index (χ3n) is 5.69. The van der Waals surface area contributed by atoms with Gasteiger partial charge in [0, 0.05) is 43.0 Å². The van der Waals surface area contributed by atoms with E-state index in [2.05, 4.69) is 37.6 Å². The van der Waals surface area contributed by atoms with Crippen LogP contribution in [0.2, 0.25) is 0 Å². The van der Waals surface area contributed by atoms with Crippen LogP contribution < -0.4 is 5.32 Å².